The predicted octanol–water partition coefficient (Wildman–Crippen LogP) is 3.18. The van der Waals surface area contributed by atoms with Crippen LogP contribution >= 0.6 is 0 Å². The van der Waals surface area contributed by atoms with E-state index >= 15 is 0 Å². The van der Waals surface area contributed by atoms with Crippen molar-refractivity contribution in [3.63, 3.8) is 0 Å². The first-order chi connectivity index (χ1) is 15.5. The lowest BCUT2D eigenvalue weighted by atomic mass is 9.99. The van der Waals surface area contributed by atoms with Gasteiger partial charge < -0.3 is 14.5 Å². The minimum absolute atomic E-state index is 0.0120. The maximum absolute atomic E-state index is 12.8. The molecular formula is C25H35N5O2. The second-order valence-electron chi connectivity index (χ2n) is 10.0. The second-order valence-corrected chi connectivity index (χ2v) is 10.0. The molecule has 0 spiro atoms. The van der Waals surface area contributed by atoms with Crippen LogP contribution < -0.4 is 4.90 Å². The van der Waals surface area contributed by atoms with Crippen LogP contribution in [-0.4, -0.2) is 78.1 Å². The van der Waals surface area contributed by atoms with E-state index in [4.69, 9.17) is 4.74 Å². The molecule has 0 aliphatic carbocycles. The molecule has 172 valence electrons. The predicted molar refractivity (Wildman–Crippen MR) is 125 cm³/mol. The Morgan fingerprint density at radius 2 is 1.84 bits per heavy atom. The molecule has 3 fully saturated rings. The number of amides is 1. The second kappa shape index (κ2) is 8.87. The summed E-state index contributed by atoms with van der Waals surface area (Å²) in [5, 5.41) is 4.20. The maximum Gasteiger partial charge on any atom is 0.344 e. The summed E-state index contributed by atoms with van der Waals surface area (Å²) in [6.07, 6.45) is 3.56. The molecule has 1 aromatic carbocycles. The van der Waals surface area contributed by atoms with E-state index in [-0.39, 0.29) is 6.03 Å². The fraction of sp³-hybridized carbons (Fsp3) is 0.600. The van der Waals surface area contributed by atoms with Gasteiger partial charge in [-0.15, -0.1) is 0 Å². The van der Waals surface area contributed by atoms with E-state index in [0.29, 0.717) is 17.8 Å². The minimum Gasteiger partial charge on any atom is -0.378 e. The smallest absolute Gasteiger partial charge is 0.344 e. The Balaban J connectivity index is 1.25. The number of aromatic nitrogens is 2. The third kappa shape index (κ3) is 4.28. The van der Waals surface area contributed by atoms with Crippen LogP contribution in [0.5, 0.6) is 0 Å². The Morgan fingerprint density at radius 3 is 2.47 bits per heavy atom. The van der Waals surface area contributed by atoms with Gasteiger partial charge >= 0.3 is 6.03 Å². The van der Waals surface area contributed by atoms with E-state index in [1.807, 2.05) is 18.0 Å². The molecule has 1 amide bonds. The van der Waals surface area contributed by atoms with Gasteiger partial charge in [-0.1, -0.05) is 26.0 Å². The molecule has 0 bridgehead atoms. The monoisotopic (exact) mass is 437 g/mol. The first-order valence-electron chi connectivity index (χ1n) is 12.0. The van der Waals surface area contributed by atoms with Crippen molar-refractivity contribution in [3.05, 3.63) is 47.3 Å². The summed E-state index contributed by atoms with van der Waals surface area (Å²) >= 11 is 0. The van der Waals surface area contributed by atoms with Gasteiger partial charge in [0.25, 0.3) is 0 Å². The number of fused-ring (bicyclic) bond motifs is 1. The largest absolute Gasteiger partial charge is 0.378 e. The Bertz CT molecular complexity index is 951. The Kier molecular flexibility index (Phi) is 5.95. The summed E-state index contributed by atoms with van der Waals surface area (Å²) in [4.78, 5) is 19.8. The van der Waals surface area contributed by atoms with Crippen molar-refractivity contribution in [3.8, 4) is 0 Å². The molecule has 1 aromatic heterocycles. The lowest BCUT2D eigenvalue weighted by molar-refractivity contribution is 0.122. The number of anilines is 1. The van der Waals surface area contributed by atoms with Crippen molar-refractivity contribution in [1.29, 1.82) is 0 Å². The fourth-order valence-electron chi connectivity index (χ4n) is 5.45. The lowest BCUT2D eigenvalue weighted by Gasteiger charge is -2.32. The molecule has 7 heteroatoms. The van der Waals surface area contributed by atoms with E-state index in [1.54, 1.807) is 6.20 Å². The van der Waals surface area contributed by atoms with E-state index in [9.17, 15) is 4.79 Å². The highest BCUT2D eigenvalue weighted by atomic mass is 16.5. The van der Waals surface area contributed by atoms with Crippen LogP contribution in [0, 0.1) is 18.8 Å². The highest BCUT2D eigenvalue weighted by molar-refractivity contribution is 5.76. The first-order valence-corrected chi connectivity index (χ1v) is 12.0. The van der Waals surface area contributed by atoms with Crippen molar-refractivity contribution in [2.45, 2.75) is 33.2 Å². The number of rotatable bonds is 4. The quantitative estimate of drug-likeness (QED) is 0.735. The Hall–Kier alpha value is -2.38. The molecule has 2 atom stereocenters. The van der Waals surface area contributed by atoms with Crippen molar-refractivity contribution in [2.75, 3.05) is 57.4 Å². The van der Waals surface area contributed by atoms with Crippen LogP contribution in [0.4, 0.5) is 10.5 Å². The SMILES string of the molecule is Cc1cnn(C(=O)N2CC3CN(Cc4ccc(C(C)C)cc4N4CCOCC4)CC3C2)c1. The molecule has 2 aromatic rings. The highest BCUT2D eigenvalue weighted by Crippen LogP contribution is 2.34. The molecule has 3 saturated heterocycles. The summed E-state index contributed by atoms with van der Waals surface area (Å²) in [7, 11) is 0. The van der Waals surface area contributed by atoms with E-state index in [2.05, 4.69) is 46.9 Å². The number of carbonyl (C=O) groups is 1. The van der Waals surface area contributed by atoms with Gasteiger partial charge in [-0.2, -0.15) is 9.78 Å². The zero-order chi connectivity index (χ0) is 22.2. The van der Waals surface area contributed by atoms with Crippen molar-refractivity contribution >= 4 is 11.7 Å². The van der Waals surface area contributed by atoms with Crippen molar-refractivity contribution < 1.29 is 9.53 Å². The summed E-state index contributed by atoms with van der Waals surface area (Å²) in [6, 6.07) is 7.05. The molecule has 3 aliphatic rings. The highest BCUT2D eigenvalue weighted by Gasteiger charge is 2.42. The molecule has 0 saturated carbocycles. The third-order valence-electron chi connectivity index (χ3n) is 7.26. The van der Waals surface area contributed by atoms with Gasteiger partial charge in [0.1, 0.15) is 0 Å². The summed E-state index contributed by atoms with van der Waals surface area (Å²) < 4.78 is 7.08. The van der Waals surface area contributed by atoms with Gasteiger partial charge in [-0.05, 0) is 47.4 Å². The van der Waals surface area contributed by atoms with Crippen LogP contribution in [0.15, 0.2) is 30.6 Å². The van der Waals surface area contributed by atoms with E-state index < -0.39 is 0 Å². The number of benzene rings is 1. The molecule has 3 aliphatic heterocycles. The van der Waals surface area contributed by atoms with Gasteiger partial charge in [0.05, 0.1) is 19.4 Å². The van der Waals surface area contributed by atoms with Crippen LogP contribution in [0.3, 0.4) is 0 Å². The standard InChI is InChI=1S/C25H35N5O2/c1-18(2)20-4-5-21(24(10-20)28-6-8-32-9-7-28)13-27-14-22-16-29(17-23(22)15-27)25(31)30-12-19(3)11-26-30/h4-5,10-12,18,22-23H,6-9,13-17H2,1-3H3. The number of nitrogens with zero attached hydrogens (tertiary/aromatic N) is 5. The average Bonchev–Trinajstić information content (AvgIpc) is 3.49. The number of carbonyl (C=O) groups excluding carboxylic acids is 1. The summed E-state index contributed by atoms with van der Waals surface area (Å²) in [5.74, 6) is 1.63. The van der Waals surface area contributed by atoms with Crippen LogP contribution in [0.2, 0.25) is 0 Å². The van der Waals surface area contributed by atoms with Crippen molar-refractivity contribution in [1.82, 2.24) is 19.6 Å². The maximum atomic E-state index is 12.8. The van der Waals surface area contributed by atoms with Crippen LogP contribution in [-0.2, 0) is 11.3 Å². The van der Waals surface area contributed by atoms with Crippen LogP contribution in [0.25, 0.3) is 0 Å². The number of hydrogen-bond donors (Lipinski definition) is 0. The van der Waals surface area contributed by atoms with E-state index in [0.717, 1.165) is 64.6 Å². The number of hydrogen-bond acceptors (Lipinski definition) is 5. The Morgan fingerprint density at radius 1 is 1.12 bits per heavy atom. The molecule has 4 heterocycles. The lowest BCUT2D eigenvalue weighted by Crippen LogP contribution is -2.38. The summed E-state index contributed by atoms with van der Waals surface area (Å²) in [6.45, 7) is 14.8. The number of likely N-dealkylation sites (tertiary alicyclic amines) is 2. The summed E-state index contributed by atoms with van der Waals surface area (Å²) in [5.41, 5.74) is 5.21. The minimum atomic E-state index is 0.0120. The zero-order valence-electron chi connectivity index (χ0n) is 19.5. The molecule has 7 nitrogen and oxygen atoms in total. The molecular weight excluding hydrogens is 402 g/mol. The molecule has 5 rings (SSSR count). The number of aryl methyl sites for hydroxylation is 1. The normalized spacial score (nSPS) is 23.9. The van der Waals surface area contributed by atoms with Crippen molar-refractivity contribution in [2.24, 2.45) is 11.8 Å². The number of morpholine rings is 1. The van der Waals surface area contributed by atoms with Crippen LogP contribution in [0.1, 0.15) is 36.5 Å². The van der Waals surface area contributed by atoms with Gasteiger partial charge in [-0.25, -0.2) is 4.79 Å². The third-order valence-corrected chi connectivity index (χ3v) is 7.26. The Labute approximate surface area is 190 Å². The van der Waals surface area contributed by atoms with Gasteiger partial charge in [-0.3, -0.25) is 4.90 Å². The van der Waals surface area contributed by atoms with Gasteiger partial charge in [0.15, 0.2) is 0 Å². The number of ether oxygens (including phenoxy) is 1. The molecule has 0 N–H and O–H groups in total. The first kappa shape index (κ1) is 21.5. The molecule has 2 unspecified atom stereocenters. The molecule has 32 heavy (non-hydrogen) atoms. The topological polar surface area (TPSA) is 53.8 Å². The van der Waals surface area contributed by atoms with Gasteiger partial charge in [0, 0.05) is 57.7 Å². The molecule has 0 radical (unpaired) electrons. The zero-order valence-corrected chi connectivity index (χ0v) is 19.5. The average molecular weight is 438 g/mol. The fourth-order valence-corrected chi connectivity index (χ4v) is 5.45. The van der Waals surface area contributed by atoms with E-state index in [1.165, 1.54) is 21.5 Å². The van der Waals surface area contributed by atoms with Gasteiger partial charge in [0.2, 0.25) is 0 Å².